The topological polar surface area (TPSA) is 48.1 Å². The molecule has 0 bridgehead atoms. The van der Waals surface area contributed by atoms with Crippen molar-refractivity contribution in [1.29, 1.82) is 0 Å². The van der Waals surface area contributed by atoms with Gasteiger partial charge in [-0.2, -0.15) is 0 Å². The van der Waals surface area contributed by atoms with Crippen LogP contribution in [0.1, 0.15) is 43.2 Å². The molecular weight excluding hydrogens is 380 g/mol. The van der Waals surface area contributed by atoms with E-state index in [2.05, 4.69) is 81.9 Å². The van der Waals surface area contributed by atoms with Gasteiger partial charge in [0.15, 0.2) is 0 Å². The summed E-state index contributed by atoms with van der Waals surface area (Å²) in [5.74, 6) is 1.80. The largest absolute Gasteiger partial charge is 0.316 e. The third-order valence-electron chi connectivity index (χ3n) is 6.14. The number of nitrogens with one attached hydrogen (secondary N) is 4. The van der Waals surface area contributed by atoms with Crippen molar-refractivity contribution in [3.05, 3.63) is 71.8 Å². The second kappa shape index (κ2) is 15.1. The smallest absolute Gasteiger partial charge is 0.0205 e. The summed E-state index contributed by atoms with van der Waals surface area (Å²) in [6.45, 7) is 8.88. The lowest BCUT2D eigenvalue weighted by Crippen LogP contribution is -2.23. The van der Waals surface area contributed by atoms with Gasteiger partial charge in [-0.15, -0.1) is 0 Å². The molecule has 2 atom stereocenters. The first kappa shape index (κ1) is 23.9. The summed E-state index contributed by atoms with van der Waals surface area (Å²) >= 11 is 0. The number of rotatable bonds is 18. The average Bonchev–Trinajstić information content (AvgIpc) is 3.57. The van der Waals surface area contributed by atoms with Gasteiger partial charge in [0.2, 0.25) is 0 Å². The van der Waals surface area contributed by atoms with E-state index in [0.29, 0.717) is 0 Å². The second-order valence-corrected chi connectivity index (χ2v) is 8.90. The van der Waals surface area contributed by atoms with Crippen molar-refractivity contribution >= 4 is 0 Å². The van der Waals surface area contributed by atoms with E-state index in [0.717, 1.165) is 51.1 Å². The van der Waals surface area contributed by atoms with Crippen molar-refractivity contribution in [2.75, 3.05) is 39.3 Å². The molecule has 0 aromatic heterocycles. The number of benzene rings is 2. The van der Waals surface area contributed by atoms with Gasteiger partial charge >= 0.3 is 0 Å². The Balaban J connectivity index is 1.03. The van der Waals surface area contributed by atoms with Crippen LogP contribution in [0.5, 0.6) is 0 Å². The van der Waals surface area contributed by atoms with Crippen LogP contribution in [0.25, 0.3) is 0 Å². The molecule has 2 aromatic carbocycles. The normalized spacial score (nSPS) is 17.7. The van der Waals surface area contributed by atoms with Crippen LogP contribution in [-0.4, -0.2) is 39.3 Å². The predicted octanol–water partition coefficient (Wildman–Crippen LogP) is 3.94. The zero-order valence-corrected chi connectivity index (χ0v) is 19.1. The molecule has 31 heavy (non-hydrogen) atoms. The molecule has 2 aromatic rings. The third kappa shape index (κ3) is 10.9. The molecular formula is C27H42N4. The van der Waals surface area contributed by atoms with Crippen molar-refractivity contribution < 1.29 is 0 Å². The van der Waals surface area contributed by atoms with Gasteiger partial charge in [0, 0.05) is 13.1 Å². The Morgan fingerprint density at radius 2 is 0.903 bits per heavy atom. The van der Waals surface area contributed by atoms with Crippen LogP contribution in [0.3, 0.4) is 0 Å². The maximum Gasteiger partial charge on any atom is 0.0205 e. The zero-order valence-electron chi connectivity index (χ0n) is 19.1. The monoisotopic (exact) mass is 422 g/mol. The Morgan fingerprint density at radius 3 is 1.32 bits per heavy atom. The molecule has 170 valence electrons. The minimum Gasteiger partial charge on any atom is -0.316 e. The molecule has 0 aliphatic heterocycles. The first-order valence-corrected chi connectivity index (χ1v) is 12.3. The van der Waals surface area contributed by atoms with Gasteiger partial charge in [-0.1, -0.05) is 60.7 Å². The van der Waals surface area contributed by atoms with E-state index in [1.54, 1.807) is 0 Å². The lowest BCUT2D eigenvalue weighted by Gasteiger charge is -2.07. The van der Waals surface area contributed by atoms with Gasteiger partial charge in [-0.25, -0.2) is 0 Å². The molecule has 0 saturated heterocycles. The molecule has 0 amide bonds. The molecule has 4 nitrogen and oxygen atoms in total. The summed E-state index contributed by atoms with van der Waals surface area (Å²) < 4.78 is 0. The van der Waals surface area contributed by atoms with Gasteiger partial charge in [-0.3, -0.25) is 0 Å². The second-order valence-electron chi connectivity index (χ2n) is 8.90. The van der Waals surface area contributed by atoms with Crippen molar-refractivity contribution in [2.24, 2.45) is 11.8 Å². The molecule has 0 spiro atoms. The first-order valence-electron chi connectivity index (χ1n) is 12.3. The molecule has 4 N–H and O–H groups in total. The summed E-state index contributed by atoms with van der Waals surface area (Å²) in [6.07, 6.45) is 6.41. The van der Waals surface area contributed by atoms with Crippen molar-refractivity contribution in [3.8, 4) is 0 Å². The molecule has 3 rings (SSSR count). The number of unbranched alkanes of at least 4 members (excludes halogenated alkanes) is 2. The third-order valence-corrected chi connectivity index (χ3v) is 6.14. The van der Waals surface area contributed by atoms with Crippen LogP contribution in [0.4, 0.5) is 0 Å². The van der Waals surface area contributed by atoms with Crippen LogP contribution in [0, 0.1) is 11.8 Å². The fourth-order valence-electron chi connectivity index (χ4n) is 4.04. The van der Waals surface area contributed by atoms with Crippen LogP contribution in [-0.2, 0) is 13.1 Å². The summed E-state index contributed by atoms with van der Waals surface area (Å²) in [7, 11) is 0. The Labute approximate surface area is 189 Å². The predicted molar refractivity (Wildman–Crippen MR) is 132 cm³/mol. The van der Waals surface area contributed by atoms with E-state index in [4.69, 9.17) is 0 Å². The lowest BCUT2D eigenvalue weighted by molar-refractivity contribution is 0.529. The van der Waals surface area contributed by atoms with Crippen molar-refractivity contribution in [1.82, 2.24) is 21.3 Å². The summed E-state index contributed by atoms with van der Waals surface area (Å²) in [4.78, 5) is 0. The van der Waals surface area contributed by atoms with Crippen LogP contribution in [0.15, 0.2) is 60.7 Å². The van der Waals surface area contributed by atoms with Crippen LogP contribution < -0.4 is 21.3 Å². The van der Waals surface area contributed by atoms with Crippen LogP contribution in [0.2, 0.25) is 0 Å². The summed E-state index contributed by atoms with van der Waals surface area (Å²) in [5.41, 5.74) is 2.74. The van der Waals surface area contributed by atoms with E-state index in [-0.39, 0.29) is 0 Å². The highest BCUT2D eigenvalue weighted by Crippen LogP contribution is 2.37. The SMILES string of the molecule is c1ccc(CNCCCCNC[C@@H]2C[C@H]2CNCCCCNCc2ccccc2)cc1. The zero-order chi connectivity index (χ0) is 21.4. The summed E-state index contributed by atoms with van der Waals surface area (Å²) in [5, 5.41) is 14.4. The molecule has 1 aliphatic rings. The maximum absolute atomic E-state index is 3.66. The highest BCUT2D eigenvalue weighted by Gasteiger charge is 2.35. The van der Waals surface area contributed by atoms with Gasteiger partial charge in [0.25, 0.3) is 0 Å². The van der Waals surface area contributed by atoms with E-state index >= 15 is 0 Å². The number of hydrogen-bond acceptors (Lipinski definition) is 4. The van der Waals surface area contributed by atoms with E-state index in [1.807, 2.05) is 0 Å². The molecule has 0 heterocycles. The summed E-state index contributed by atoms with van der Waals surface area (Å²) in [6, 6.07) is 21.3. The Kier molecular flexibility index (Phi) is 11.7. The minimum atomic E-state index is 0.899. The molecule has 4 heteroatoms. The quantitative estimate of drug-likeness (QED) is 0.275. The highest BCUT2D eigenvalue weighted by molar-refractivity contribution is 5.14. The minimum absolute atomic E-state index is 0.899. The van der Waals surface area contributed by atoms with Gasteiger partial charge in [0.1, 0.15) is 0 Å². The Hall–Kier alpha value is -1.72. The molecule has 1 aliphatic carbocycles. The fourth-order valence-corrected chi connectivity index (χ4v) is 4.04. The van der Waals surface area contributed by atoms with E-state index in [1.165, 1.54) is 56.3 Å². The standard InChI is InChI=1S/C27H42N4/c1-3-11-24(12-4-1)20-28-15-7-9-17-30-22-26-19-27(26)23-31-18-10-8-16-29-21-25-13-5-2-6-14-25/h1-6,11-14,26-31H,7-10,15-23H2/t26-,27-/m0/s1. The lowest BCUT2D eigenvalue weighted by atomic mass is 10.2. The maximum atomic E-state index is 3.66. The molecule has 0 unspecified atom stereocenters. The fraction of sp³-hybridized carbons (Fsp3) is 0.556. The molecule has 1 saturated carbocycles. The molecule has 1 fully saturated rings. The Morgan fingerprint density at radius 1 is 0.516 bits per heavy atom. The van der Waals surface area contributed by atoms with Gasteiger partial charge in [0.05, 0.1) is 0 Å². The van der Waals surface area contributed by atoms with Gasteiger partial charge < -0.3 is 21.3 Å². The molecule has 0 radical (unpaired) electrons. The van der Waals surface area contributed by atoms with E-state index in [9.17, 15) is 0 Å². The first-order chi connectivity index (χ1) is 15.4. The van der Waals surface area contributed by atoms with Gasteiger partial charge in [-0.05, 0) is 94.3 Å². The van der Waals surface area contributed by atoms with Crippen molar-refractivity contribution in [2.45, 2.75) is 45.2 Å². The Bertz CT molecular complexity index is 617. The number of hydrogen-bond donors (Lipinski definition) is 4. The highest BCUT2D eigenvalue weighted by atomic mass is 14.9. The van der Waals surface area contributed by atoms with Crippen LogP contribution >= 0.6 is 0 Å². The average molecular weight is 423 g/mol. The van der Waals surface area contributed by atoms with Crippen molar-refractivity contribution in [3.63, 3.8) is 0 Å². The van der Waals surface area contributed by atoms with E-state index < -0.39 is 0 Å².